The van der Waals surface area contributed by atoms with Crippen LogP contribution in [-0.4, -0.2) is 10.5 Å². The molecule has 0 atom stereocenters. The Morgan fingerprint density at radius 3 is 2.32 bits per heavy atom. The highest BCUT2D eigenvalue weighted by Crippen LogP contribution is 2.32. The van der Waals surface area contributed by atoms with Gasteiger partial charge in [0.25, 0.3) is 5.91 Å². The molecule has 6 heteroatoms. The standard InChI is InChI=1S/C13H13Br2N3O/c1-7-3-9(14)12(10(15)4-7)17-13(19)11-5-8(16)6-18(11)2/h3-6H,16H2,1-2H3,(H,17,19). The summed E-state index contributed by atoms with van der Waals surface area (Å²) in [4.78, 5) is 12.2. The molecule has 1 aromatic heterocycles. The number of anilines is 2. The highest BCUT2D eigenvalue weighted by molar-refractivity contribution is 9.11. The van der Waals surface area contributed by atoms with Gasteiger partial charge in [-0.15, -0.1) is 0 Å². The molecule has 0 unspecified atom stereocenters. The molecule has 0 saturated carbocycles. The zero-order valence-electron chi connectivity index (χ0n) is 10.5. The summed E-state index contributed by atoms with van der Waals surface area (Å²) < 4.78 is 3.35. The van der Waals surface area contributed by atoms with Crippen LogP contribution in [0.25, 0.3) is 0 Å². The Kier molecular flexibility index (Phi) is 4.01. The van der Waals surface area contributed by atoms with Gasteiger partial charge < -0.3 is 15.6 Å². The second-order valence-corrected chi connectivity index (χ2v) is 6.04. The number of carbonyl (C=O) groups is 1. The number of hydrogen-bond donors (Lipinski definition) is 2. The third-order valence-electron chi connectivity index (χ3n) is 2.68. The van der Waals surface area contributed by atoms with Gasteiger partial charge in [-0.2, -0.15) is 0 Å². The number of aryl methyl sites for hydroxylation is 2. The monoisotopic (exact) mass is 385 g/mol. The van der Waals surface area contributed by atoms with E-state index in [1.54, 1.807) is 23.9 Å². The number of nitrogens with one attached hydrogen (secondary N) is 1. The van der Waals surface area contributed by atoms with Crippen molar-refractivity contribution in [2.75, 3.05) is 11.1 Å². The minimum atomic E-state index is -0.204. The minimum absolute atomic E-state index is 0.204. The maximum Gasteiger partial charge on any atom is 0.272 e. The molecule has 0 fully saturated rings. The topological polar surface area (TPSA) is 60.1 Å². The second kappa shape index (κ2) is 5.38. The largest absolute Gasteiger partial charge is 0.397 e. The van der Waals surface area contributed by atoms with Gasteiger partial charge in [0.15, 0.2) is 0 Å². The van der Waals surface area contributed by atoms with Crippen molar-refractivity contribution in [3.63, 3.8) is 0 Å². The first-order valence-electron chi connectivity index (χ1n) is 5.57. The summed E-state index contributed by atoms with van der Waals surface area (Å²) in [6, 6.07) is 5.53. The molecule has 0 spiro atoms. The molecular formula is C13H13Br2N3O. The lowest BCUT2D eigenvalue weighted by atomic mass is 10.2. The number of carbonyl (C=O) groups excluding carboxylic acids is 1. The van der Waals surface area contributed by atoms with Crippen molar-refractivity contribution in [1.29, 1.82) is 0 Å². The van der Waals surface area contributed by atoms with Crippen LogP contribution in [0.15, 0.2) is 33.3 Å². The van der Waals surface area contributed by atoms with E-state index in [-0.39, 0.29) is 5.91 Å². The van der Waals surface area contributed by atoms with Crippen molar-refractivity contribution < 1.29 is 4.79 Å². The van der Waals surface area contributed by atoms with Gasteiger partial charge in [0.05, 0.1) is 11.4 Å². The molecular weight excluding hydrogens is 374 g/mol. The molecule has 100 valence electrons. The van der Waals surface area contributed by atoms with Gasteiger partial charge >= 0.3 is 0 Å². The molecule has 2 rings (SSSR count). The fourth-order valence-electron chi connectivity index (χ4n) is 1.81. The number of nitrogens with two attached hydrogens (primary N) is 1. The predicted molar refractivity (Wildman–Crippen MR) is 84.4 cm³/mol. The SMILES string of the molecule is Cc1cc(Br)c(NC(=O)c2cc(N)cn2C)c(Br)c1. The molecule has 0 aliphatic heterocycles. The van der Waals surface area contributed by atoms with Gasteiger partial charge in [-0.1, -0.05) is 0 Å². The van der Waals surface area contributed by atoms with E-state index in [9.17, 15) is 4.79 Å². The van der Waals surface area contributed by atoms with E-state index in [2.05, 4.69) is 37.2 Å². The van der Waals surface area contributed by atoms with E-state index < -0.39 is 0 Å². The number of nitrogens with zero attached hydrogens (tertiary/aromatic N) is 1. The zero-order valence-corrected chi connectivity index (χ0v) is 13.7. The first-order valence-corrected chi connectivity index (χ1v) is 7.16. The van der Waals surface area contributed by atoms with Crippen LogP contribution in [0, 0.1) is 6.92 Å². The molecule has 0 aliphatic carbocycles. The molecule has 1 amide bonds. The van der Waals surface area contributed by atoms with E-state index >= 15 is 0 Å². The number of hydrogen-bond acceptors (Lipinski definition) is 2. The third kappa shape index (κ3) is 3.01. The fraction of sp³-hybridized carbons (Fsp3) is 0.154. The van der Waals surface area contributed by atoms with Crippen LogP contribution in [0.1, 0.15) is 16.1 Å². The van der Waals surface area contributed by atoms with Crippen LogP contribution >= 0.6 is 31.9 Å². The van der Waals surface area contributed by atoms with Gasteiger partial charge in [-0.25, -0.2) is 0 Å². The summed E-state index contributed by atoms with van der Waals surface area (Å²) in [6.45, 7) is 1.99. The molecule has 3 N–H and O–H groups in total. The van der Waals surface area contributed by atoms with Crippen LogP contribution in [0.3, 0.4) is 0 Å². The maximum absolute atomic E-state index is 12.2. The third-order valence-corrected chi connectivity index (χ3v) is 3.93. The molecule has 0 radical (unpaired) electrons. The van der Waals surface area contributed by atoms with E-state index in [4.69, 9.17) is 5.73 Å². The smallest absolute Gasteiger partial charge is 0.272 e. The van der Waals surface area contributed by atoms with Gasteiger partial charge in [-0.05, 0) is 62.5 Å². The van der Waals surface area contributed by atoms with E-state index in [1.807, 2.05) is 19.1 Å². The highest BCUT2D eigenvalue weighted by atomic mass is 79.9. The molecule has 0 saturated heterocycles. The van der Waals surface area contributed by atoms with E-state index in [0.717, 1.165) is 14.5 Å². The van der Waals surface area contributed by atoms with Crippen LogP contribution in [-0.2, 0) is 7.05 Å². The van der Waals surface area contributed by atoms with Crippen molar-refractivity contribution in [2.24, 2.45) is 7.05 Å². The molecule has 4 nitrogen and oxygen atoms in total. The first kappa shape index (κ1) is 14.1. The van der Waals surface area contributed by atoms with Gasteiger partial charge in [0.2, 0.25) is 0 Å². The van der Waals surface area contributed by atoms with Crippen LogP contribution in [0.5, 0.6) is 0 Å². The highest BCUT2D eigenvalue weighted by Gasteiger charge is 2.14. The average Bonchev–Trinajstić information content (AvgIpc) is 2.62. The Hall–Kier alpha value is -1.27. The number of halogens is 2. The Labute approximate surface area is 128 Å². The Morgan fingerprint density at radius 2 is 1.84 bits per heavy atom. The average molecular weight is 387 g/mol. The van der Waals surface area contributed by atoms with Crippen LogP contribution < -0.4 is 11.1 Å². The molecule has 2 aromatic rings. The normalized spacial score (nSPS) is 10.5. The minimum Gasteiger partial charge on any atom is -0.397 e. The predicted octanol–water partition coefficient (Wildman–Crippen LogP) is 3.69. The Balaban J connectivity index is 2.32. The van der Waals surface area contributed by atoms with Crippen molar-refractivity contribution in [3.05, 3.63) is 44.6 Å². The number of benzene rings is 1. The Bertz CT molecular complexity index is 626. The van der Waals surface area contributed by atoms with Crippen molar-refractivity contribution >= 4 is 49.1 Å². The lowest BCUT2D eigenvalue weighted by Gasteiger charge is -2.11. The van der Waals surface area contributed by atoms with Gasteiger partial charge in [0.1, 0.15) is 5.69 Å². The number of amides is 1. The molecule has 19 heavy (non-hydrogen) atoms. The summed E-state index contributed by atoms with van der Waals surface area (Å²) in [5.41, 5.74) is 8.55. The second-order valence-electron chi connectivity index (χ2n) is 4.33. The molecule has 0 bridgehead atoms. The van der Waals surface area contributed by atoms with E-state index in [1.165, 1.54) is 0 Å². The molecule has 1 heterocycles. The maximum atomic E-state index is 12.2. The van der Waals surface area contributed by atoms with Crippen molar-refractivity contribution in [3.8, 4) is 0 Å². The van der Waals surface area contributed by atoms with Gasteiger partial charge in [0, 0.05) is 22.2 Å². The first-order chi connectivity index (χ1) is 8.88. The number of nitrogen functional groups attached to an aromatic ring is 1. The zero-order chi connectivity index (χ0) is 14.2. The number of rotatable bonds is 2. The van der Waals surface area contributed by atoms with Crippen LogP contribution in [0.4, 0.5) is 11.4 Å². The summed E-state index contributed by atoms with van der Waals surface area (Å²) in [6.07, 6.45) is 1.70. The van der Waals surface area contributed by atoms with Gasteiger partial charge in [-0.3, -0.25) is 4.79 Å². The summed E-state index contributed by atoms with van der Waals surface area (Å²) in [5, 5.41) is 2.87. The van der Waals surface area contributed by atoms with E-state index in [0.29, 0.717) is 17.1 Å². The Morgan fingerprint density at radius 1 is 1.26 bits per heavy atom. The quantitative estimate of drug-likeness (QED) is 0.826. The lowest BCUT2D eigenvalue weighted by molar-refractivity contribution is 0.101. The lowest BCUT2D eigenvalue weighted by Crippen LogP contribution is -2.16. The summed E-state index contributed by atoms with van der Waals surface area (Å²) >= 11 is 6.89. The summed E-state index contributed by atoms with van der Waals surface area (Å²) in [5.74, 6) is -0.204. The van der Waals surface area contributed by atoms with Crippen LogP contribution in [0.2, 0.25) is 0 Å². The fourth-order valence-corrected chi connectivity index (χ4v) is 3.43. The number of aromatic nitrogens is 1. The summed E-state index contributed by atoms with van der Waals surface area (Å²) in [7, 11) is 1.78. The molecule has 0 aliphatic rings. The van der Waals surface area contributed by atoms with Crippen molar-refractivity contribution in [1.82, 2.24) is 4.57 Å². The molecule has 1 aromatic carbocycles. The van der Waals surface area contributed by atoms with Crippen molar-refractivity contribution in [2.45, 2.75) is 6.92 Å².